The standard InChI is InChI=1S/C14H26O5/c1-2-3-4-5-6-7-8-18-12-10-19-14(13(12)17)11(16)9-15/h4-5,11-17H,2-3,6-10H2,1H3/b5-4+/t11-,12+,13+,14+/m0/s1. The lowest BCUT2D eigenvalue weighted by molar-refractivity contribution is -0.0729. The van der Waals surface area contributed by atoms with Crippen LogP contribution in [0.25, 0.3) is 0 Å². The summed E-state index contributed by atoms with van der Waals surface area (Å²) < 4.78 is 10.8. The van der Waals surface area contributed by atoms with Crippen LogP contribution in [-0.4, -0.2) is 59.6 Å². The van der Waals surface area contributed by atoms with Gasteiger partial charge in [0.15, 0.2) is 0 Å². The Morgan fingerprint density at radius 3 is 2.79 bits per heavy atom. The molecule has 5 nitrogen and oxygen atoms in total. The minimum absolute atomic E-state index is 0.258. The molecule has 0 unspecified atom stereocenters. The van der Waals surface area contributed by atoms with E-state index in [0.29, 0.717) is 6.61 Å². The topological polar surface area (TPSA) is 79.2 Å². The van der Waals surface area contributed by atoms with Crippen molar-refractivity contribution in [2.45, 2.75) is 57.0 Å². The molecule has 0 aromatic heterocycles. The van der Waals surface area contributed by atoms with Crippen molar-refractivity contribution in [2.24, 2.45) is 0 Å². The summed E-state index contributed by atoms with van der Waals surface area (Å²) in [4.78, 5) is 0. The summed E-state index contributed by atoms with van der Waals surface area (Å²) in [6.07, 6.45) is 5.35. The van der Waals surface area contributed by atoms with E-state index in [1.807, 2.05) is 0 Å². The number of hydrogen-bond acceptors (Lipinski definition) is 5. The van der Waals surface area contributed by atoms with Crippen molar-refractivity contribution in [2.75, 3.05) is 19.8 Å². The average Bonchev–Trinajstić information content (AvgIpc) is 2.78. The molecule has 0 aromatic carbocycles. The largest absolute Gasteiger partial charge is 0.394 e. The molecule has 0 amide bonds. The third kappa shape index (κ3) is 5.58. The summed E-state index contributed by atoms with van der Waals surface area (Å²) in [5.74, 6) is 0. The zero-order valence-electron chi connectivity index (χ0n) is 11.6. The lowest BCUT2D eigenvalue weighted by Crippen LogP contribution is -2.41. The van der Waals surface area contributed by atoms with Gasteiger partial charge in [0.2, 0.25) is 0 Å². The first-order chi connectivity index (χ1) is 9.20. The van der Waals surface area contributed by atoms with Gasteiger partial charge in [-0.1, -0.05) is 25.5 Å². The SMILES string of the molecule is CCC/C=C/CCCO[C@@H]1CO[C@H]([C@@H](O)CO)[C@@H]1O. The van der Waals surface area contributed by atoms with E-state index in [9.17, 15) is 10.2 Å². The Bertz CT molecular complexity index is 256. The molecule has 1 fully saturated rings. The Morgan fingerprint density at radius 2 is 2.11 bits per heavy atom. The van der Waals surface area contributed by atoms with Crippen molar-refractivity contribution in [3.63, 3.8) is 0 Å². The molecule has 1 saturated heterocycles. The van der Waals surface area contributed by atoms with Gasteiger partial charge in [-0.05, 0) is 19.3 Å². The van der Waals surface area contributed by atoms with E-state index >= 15 is 0 Å². The van der Waals surface area contributed by atoms with E-state index in [0.717, 1.165) is 25.7 Å². The zero-order chi connectivity index (χ0) is 14.1. The van der Waals surface area contributed by atoms with Crippen LogP contribution < -0.4 is 0 Å². The lowest BCUT2D eigenvalue weighted by atomic mass is 10.1. The molecule has 5 heteroatoms. The van der Waals surface area contributed by atoms with Crippen molar-refractivity contribution in [1.82, 2.24) is 0 Å². The molecule has 0 aromatic rings. The number of aliphatic hydroxyl groups excluding tert-OH is 3. The molecule has 0 saturated carbocycles. The molecule has 1 aliphatic rings. The van der Waals surface area contributed by atoms with Crippen LogP contribution in [0.1, 0.15) is 32.6 Å². The molecule has 0 aliphatic carbocycles. The summed E-state index contributed by atoms with van der Waals surface area (Å²) in [7, 11) is 0. The van der Waals surface area contributed by atoms with E-state index in [1.165, 1.54) is 0 Å². The maximum atomic E-state index is 9.89. The van der Waals surface area contributed by atoms with Gasteiger partial charge in [-0.15, -0.1) is 0 Å². The molecule has 0 spiro atoms. The molecular formula is C14H26O5. The monoisotopic (exact) mass is 274 g/mol. The minimum atomic E-state index is -1.06. The zero-order valence-corrected chi connectivity index (χ0v) is 11.6. The number of hydrogen-bond donors (Lipinski definition) is 3. The smallest absolute Gasteiger partial charge is 0.114 e. The van der Waals surface area contributed by atoms with E-state index in [2.05, 4.69) is 19.1 Å². The minimum Gasteiger partial charge on any atom is -0.394 e. The third-order valence-corrected chi connectivity index (χ3v) is 3.21. The second-order valence-corrected chi connectivity index (χ2v) is 4.85. The Balaban J connectivity index is 2.14. The van der Waals surface area contributed by atoms with Crippen molar-refractivity contribution in [3.8, 4) is 0 Å². The maximum absolute atomic E-state index is 9.89. The summed E-state index contributed by atoms with van der Waals surface area (Å²) in [5, 5.41) is 28.2. The number of ether oxygens (including phenoxy) is 2. The van der Waals surface area contributed by atoms with Crippen LogP contribution in [0.3, 0.4) is 0 Å². The Morgan fingerprint density at radius 1 is 1.37 bits per heavy atom. The summed E-state index contributed by atoms with van der Waals surface area (Å²) in [6, 6.07) is 0. The molecule has 0 radical (unpaired) electrons. The van der Waals surface area contributed by atoms with Gasteiger partial charge < -0.3 is 24.8 Å². The first kappa shape index (κ1) is 16.6. The molecule has 1 rings (SSSR count). The summed E-state index contributed by atoms with van der Waals surface area (Å²) in [5.41, 5.74) is 0. The molecule has 1 heterocycles. The number of allylic oxidation sites excluding steroid dienone is 2. The van der Waals surface area contributed by atoms with Gasteiger partial charge in [0.25, 0.3) is 0 Å². The Hall–Kier alpha value is -0.460. The first-order valence-corrected chi connectivity index (χ1v) is 7.05. The second-order valence-electron chi connectivity index (χ2n) is 4.85. The van der Waals surface area contributed by atoms with Gasteiger partial charge >= 0.3 is 0 Å². The molecule has 3 N–H and O–H groups in total. The highest BCUT2D eigenvalue weighted by Crippen LogP contribution is 2.20. The number of unbranched alkanes of at least 4 members (excludes halogenated alkanes) is 2. The lowest BCUT2D eigenvalue weighted by Gasteiger charge is -2.20. The van der Waals surface area contributed by atoms with Gasteiger partial charge in [-0.2, -0.15) is 0 Å². The van der Waals surface area contributed by atoms with Gasteiger partial charge in [-0.25, -0.2) is 0 Å². The Kier molecular flexibility index (Phi) is 8.25. The van der Waals surface area contributed by atoms with E-state index < -0.39 is 31.0 Å². The fraction of sp³-hybridized carbons (Fsp3) is 0.857. The van der Waals surface area contributed by atoms with Crippen LogP contribution in [0.2, 0.25) is 0 Å². The van der Waals surface area contributed by atoms with Crippen LogP contribution in [0.5, 0.6) is 0 Å². The van der Waals surface area contributed by atoms with Crippen LogP contribution in [0.15, 0.2) is 12.2 Å². The van der Waals surface area contributed by atoms with Crippen LogP contribution in [0, 0.1) is 0 Å². The number of rotatable bonds is 9. The highest BCUT2D eigenvalue weighted by molar-refractivity contribution is 4.89. The van der Waals surface area contributed by atoms with Crippen molar-refractivity contribution in [1.29, 1.82) is 0 Å². The quantitative estimate of drug-likeness (QED) is 0.424. The Labute approximate surface area is 114 Å². The van der Waals surface area contributed by atoms with Crippen LogP contribution in [0.4, 0.5) is 0 Å². The van der Waals surface area contributed by atoms with Crippen molar-refractivity contribution < 1.29 is 24.8 Å². The highest BCUT2D eigenvalue weighted by Gasteiger charge is 2.40. The average molecular weight is 274 g/mol. The van der Waals surface area contributed by atoms with Crippen LogP contribution >= 0.6 is 0 Å². The fourth-order valence-electron chi connectivity index (χ4n) is 2.04. The fourth-order valence-corrected chi connectivity index (χ4v) is 2.04. The van der Waals surface area contributed by atoms with Crippen molar-refractivity contribution >= 4 is 0 Å². The molecular weight excluding hydrogens is 248 g/mol. The van der Waals surface area contributed by atoms with Gasteiger partial charge in [0.05, 0.1) is 13.2 Å². The van der Waals surface area contributed by atoms with Gasteiger partial charge in [-0.3, -0.25) is 0 Å². The summed E-state index contributed by atoms with van der Waals surface area (Å²) in [6.45, 7) is 2.54. The van der Waals surface area contributed by atoms with E-state index in [1.54, 1.807) is 0 Å². The van der Waals surface area contributed by atoms with E-state index in [4.69, 9.17) is 14.6 Å². The van der Waals surface area contributed by atoms with Crippen molar-refractivity contribution in [3.05, 3.63) is 12.2 Å². The molecule has 0 bridgehead atoms. The predicted octanol–water partition coefficient (Wildman–Crippen LogP) is 0.621. The summed E-state index contributed by atoms with van der Waals surface area (Å²) >= 11 is 0. The molecule has 4 atom stereocenters. The predicted molar refractivity (Wildman–Crippen MR) is 71.9 cm³/mol. The third-order valence-electron chi connectivity index (χ3n) is 3.21. The van der Waals surface area contributed by atoms with Crippen LogP contribution in [-0.2, 0) is 9.47 Å². The normalized spacial score (nSPS) is 29.2. The van der Waals surface area contributed by atoms with Gasteiger partial charge in [0, 0.05) is 6.61 Å². The molecule has 1 aliphatic heterocycles. The highest BCUT2D eigenvalue weighted by atomic mass is 16.6. The molecule has 19 heavy (non-hydrogen) atoms. The molecule has 112 valence electrons. The van der Waals surface area contributed by atoms with E-state index in [-0.39, 0.29) is 6.61 Å². The number of aliphatic hydroxyl groups is 3. The maximum Gasteiger partial charge on any atom is 0.114 e. The first-order valence-electron chi connectivity index (χ1n) is 7.05. The van der Waals surface area contributed by atoms with Gasteiger partial charge in [0.1, 0.15) is 24.4 Å². The second kappa shape index (κ2) is 9.44.